The summed E-state index contributed by atoms with van der Waals surface area (Å²) in [5.74, 6) is -1.28. The van der Waals surface area contributed by atoms with Crippen LogP contribution in [0.25, 0.3) is 11.1 Å². The number of nitrogens with zero attached hydrogens (tertiary/aromatic N) is 1. The van der Waals surface area contributed by atoms with Gasteiger partial charge in [0.05, 0.1) is 7.11 Å². The molecule has 0 fully saturated rings. The second kappa shape index (κ2) is 6.04. The summed E-state index contributed by atoms with van der Waals surface area (Å²) in [4.78, 5) is 26.8. The number of carboxylic acids is 1. The van der Waals surface area contributed by atoms with Crippen LogP contribution in [0.4, 0.5) is 0 Å². The minimum Gasteiger partial charge on any atom is -0.480 e. The molecule has 1 heterocycles. The van der Waals surface area contributed by atoms with Gasteiger partial charge in [-0.05, 0) is 23.8 Å². The van der Waals surface area contributed by atoms with Crippen LogP contribution in [0.2, 0.25) is 0 Å². The number of methoxy groups -OCH3 is 1. The van der Waals surface area contributed by atoms with Crippen molar-refractivity contribution in [2.75, 3.05) is 14.2 Å². The Balaban J connectivity index is 2.49. The number of rotatable bonds is 4. The third kappa shape index (κ3) is 3.00. The molecule has 0 saturated carbocycles. The largest absolute Gasteiger partial charge is 0.480 e. The maximum absolute atomic E-state index is 11.6. The molecule has 2 aromatic rings. The van der Waals surface area contributed by atoms with Gasteiger partial charge in [0.15, 0.2) is 0 Å². The van der Waals surface area contributed by atoms with E-state index in [1.807, 2.05) is 0 Å². The van der Waals surface area contributed by atoms with Crippen LogP contribution in [0.15, 0.2) is 36.5 Å². The Morgan fingerprint density at radius 2 is 2.00 bits per heavy atom. The number of nitrogens with one attached hydrogen (secondary N) is 1. The monoisotopic (exact) mass is 286 g/mol. The summed E-state index contributed by atoms with van der Waals surface area (Å²) in [6.07, 6.45) is 1.51. The summed E-state index contributed by atoms with van der Waals surface area (Å²) < 4.78 is 4.92. The van der Waals surface area contributed by atoms with Crippen LogP contribution in [0.5, 0.6) is 5.88 Å². The highest BCUT2D eigenvalue weighted by Gasteiger charge is 2.14. The van der Waals surface area contributed by atoms with Gasteiger partial charge in [-0.25, -0.2) is 9.78 Å². The first kappa shape index (κ1) is 14.5. The van der Waals surface area contributed by atoms with Crippen LogP contribution in [0, 0.1) is 0 Å². The van der Waals surface area contributed by atoms with Crippen molar-refractivity contribution in [1.82, 2.24) is 10.3 Å². The van der Waals surface area contributed by atoms with Gasteiger partial charge in [0.25, 0.3) is 5.91 Å². The summed E-state index contributed by atoms with van der Waals surface area (Å²) in [5, 5.41) is 11.7. The average molecular weight is 286 g/mol. The number of carbonyl (C=O) groups is 2. The smallest absolute Gasteiger partial charge is 0.341 e. The fourth-order valence-electron chi connectivity index (χ4n) is 1.91. The third-order valence-corrected chi connectivity index (χ3v) is 2.96. The van der Waals surface area contributed by atoms with E-state index in [9.17, 15) is 9.59 Å². The molecule has 0 aliphatic rings. The summed E-state index contributed by atoms with van der Waals surface area (Å²) >= 11 is 0. The standard InChI is InChI=1S/C15H14N2O4/c1-16-13(18)10-5-3-4-9(6-10)11-7-12(15(19)20)14(21-2)17-8-11/h3-8H,1-2H3,(H,16,18)(H,19,20). The molecule has 1 aromatic heterocycles. The van der Waals surface area contributed by atoms with E-state index in [1.54, 1.807) is 31.3 Å². The van der Waals surface area contributed by atoms with Gasteiger partial charge in [0.2, 0.25) is 5.88 Å². The fourth-order valence-corrected chi connectivity index (χ4v) is 1.91. The molecular formula is C15H14N2O4. The SMILES string of the molecule is CNC(=O)c1cccc(-c2cnc(OC)c(C(=O)O)c2)c1. The number of aromatic carboxylic acids is 1. The molecule has 0 spiro atoms. The Kier molecular flexibility index (Phi) is 4.18. The van der Waals surface area contributed by atoms with Gasteiger partial charge in [0.1, 0.15) is 5.56 Å². The Morgan fingerprint density at radius 3 is 2.62 bits per heavy atom. The molecule has 0 radical (unpaired) electrons. The molecule has 0 bridgehead atoms. The number of ether oxygens (including phenoxy) is 1. The highest BCUT2D eigenvalue weighted by atomic mass is 16.5. The van der Waals surface area contributed by atoms with Crippen LogP contribution in [0.3, 0.4) is 0 Å². The van der Waals surface area contributed by atoms with E-state index in [0.29, 0.717) is 16.7 Å². The van der Waals surface area contributed by atoms with Crippen molar-refractivity contribution in [3.63, 3.8) is 0 Å². The van der Waals surface area contributed by atoms with Gasteiger partial charge < -0.3 is 15.2 Å². The van der Waals surface area contributed by atoms with Crippen molar-refractivity contribution in [2.45, 2.75) is 0 Å². The van der Waals surface area contributed by atoms with Gasteiger partial charge in [-0.3, -0.25) is 4.79 Å². The number of carboxylic acid groups (broad SMARTS) is 1. The van der Waals surface area contributed by atoms with Gasteiger partial charge in [-0.1, -0.05) is 12.1 Å². The number of pyridine rings is 1. The van der Waals surface area contributed by atoms with E-state index in [4.69, 9.17) is 9.84 Å². The van der Waals surface area contributed by atoms with Gasteiger partial charge in [-0.2, -0.15) is 0 Å². The maximum atomic E-state index is 11.6. The molecular weight excluding hydrogens is 272 g/mol. The molecule has 21 heavy (non-hydrogen) atoms. The first-order valence-electron chi connectivity index (χ1n) is 6.16. The van der Waals surface area contributed by atoms with Crippen molar-refractivity contribution >= 4 is 11.9 Å². The Morgan fingerprint density at radius 1 is 1.24 bits per heavy atom. The van der Waals surface area contributed by atoms with Gasteiger partial charge in [-0.15, -0.1) is 0 Å². The number of benzene rings is 1. The molecule has 108 valence electrons. The summed E-state index contributed by atoms with van der Waals surface area (Å²) in [6.45, 7) is 0. The van der Waals surface area contributed by atoms with Crippen LogP contribution in [-0.2, 0) is 0 Å². The first-order chi connectivity index (χ1) is 10.1. The number of amides is 1. The van der Waals surface area contributed by atoms with E-state index in [1.165, 1.54) is 19.4 Å². The quantitative estimate of drug-likeness (QED) is 0.895. The van der Waals surface area contributed by atoms with Crippen molar-refractivity contribution < 1.29 is 19.4 Å². The molecule has 2 N–H and O–H groups in total. The lowest BCUT2D eigenvalue weighted by atomic mass is 10.0. The maximum Gasteiger partial charge on any atom is 0.341 e. The lowest BCUT2D eigenvalue weighted by Gasteiger charge is -2.08. The normalized spacial score (nSPS) is 10.0. The topological polar surface area (TPSA) is 88.5 Å². The summed E-state index contributed by atoms with van der Waals surface area (Å²) in [6, 6.07) is 8.33. The van der Waals surface area contributed by atoms with Crippen molar-refractivity contribution in [2.24, 2.45) is 0 Å². The fraction of sp³-hybridized carbons (Fsp3) is 0.133. The Labute approximate surface area is 121 Å². The highest BCUT2D eigenvalue weighted by Crippen LogP contribution is 2.25. The molecule has 1 aromatic carbocycles. The van der Waals surface area contributed by atoms with Crippen molar-refractivity contribution in [3.05, 3.63) is 47.7 Å². The van der Waals surface area contributed by atoms with Crippen molar-refractivity contribution in [3.8, 4) is 17.0 Å². The second-order valence-corrected chi connectivity index (χ2v) is 4.25. The predicted octanol–water partition coefficient (Wildman–Crippen LogP) is 1.81. The summed E-state index contributed by atoms with van der Waals surface area (Å²) in [7, 11) is 2.91. The van der Waals surface area contributed by atoms with E-state index in [2.05, 4.69) is 10.3 Å². The molecule has 0 saturated heterocycles. The first-order valence-corrected chi connectivity index (χ1v) is 6.16. The highest BCUT2D eigenvalue weighted by molar-refractivity contribution is 5.96. The Hall–Kier alpha value is -2.89. The zero-order chi connectivity index (χ0) is 15.4. The van der Waals surface area contributed by atoms with Crippen molar-refractivity contribution in [1.29, 1.82) is 0 Å². The Bertz CT molecular complexity index is 698. The zero-order valence-electron chi connectivity index (χ0n) is 11.6. The molecule has 6 heteroatoms. The lowest BCUT2D eigenvalue weighted by molar-refractivity contribution is 0.0692. The van der Waals surface area contributed by atoms with E-state index in [0.717, 1.165) is 0 Å². The number of aromatic nitrogens is 1. The van der Waals surface area contributed by atoms with Crippen LogP contribution in [-0.4, -0.2) is 36.1 Å². The number of carbonyl (C=O) groups excluding carboxylic acids is 1. The third-order valence-electron chi connectivity index (χ3n) is 2.96. The minimum absolute atomic E-state index is 0.0275. The zero-order valence-corrected chi connectivity index (χ0v) is 11.6. The number of hydrogen-bond donors (Lipinski definition) is 2. The molecule has 0 aliphatic carbocycles. The van der Waals surface area contributed by atoms with Gasteiger partial charge in [0, 0.05) is 24.4 Å². The molecule has 6 nitrogen and oxygen atoms in total. The van der Waals surface area contributed by atoms with E-state index in [-0.39, 0.29) is 17.4 Å². The van der Waals surface area contributed by atoms with E-state index < -0.39 is 5.97 Å². The van der Waals surface area contributed by atoms with Gasteiger partial charge >= 0.3 is 5.97 Å². The van der Waals surface area contributed by atoms with Crippen LogP contribution >= 0.6 is 0 Å². The molecule has 0 atom stereocenters. The molecule has 0 unspecified atom stereocenters. The molecule has 0 aliphatic heterocycles. The predicted molar refractivity (Wildman–Crippen MR) is 76.6 cm³/mol. The second-order valence-electron chi connectivity index (χ2n) is 4.25. The molecule has 2 rings (SSSR count). The minimum atomic E-state index is -1.12. The average Bonchev–Trinajstić information content (AvgIpc) is 2.53. The summed E-state index contributed by atoms with van der Waals surface area (Å²) in [5.41, 5.74) is 1.76. The number of hydrogen-bond acceptors (Lipinski definition) is 4. The molecule has 1 amide bonds. The van der Waals surface area contributed by atoms with Crippen LogP contribution < -0.4 is 10.1 Å². The van der Waals surface area contributed by atoms with E-state index >= 15 is 0 Å². The van der Waals surface area contributed by atoms with Crippen LogP contribution in [0.1, 0.15) is 20.7 Å². The lowest BCUT2D eigenvalue weighted by Crippen LogP contribution is -2.17.